The van der Waals surface area contributed by atoms with Crippen LogP contribution in [0.5, 0.6) is 0 Å². The molecule has 0 aromatic heterocycles. The van der Waals surface area contributed by atoms with Crippen molar-refractivity contribution < 1.29 is 8.42 Å². The van der Waals surface area contributed by atoms with Crippen molar-refractivity contribution in [3.05, 3.63) is 22.2 Å². The summed E-state index contributed by atoms with van der Waals surface area (Å²) in [5, 5.41) is 0.0802. The number of halogens is 2. The van der Waals surface area contributed by atoms with Gasteiger partial charge in [0.25, 0.3) is 0 Å². The lowest BCUT2D eigenvalue weighted by molar-refractivity contribution is 0.546. The molecule has 1 aliphatic rings. The fraction of sp³-hybridized carbons (Fsp3) is 0.455. The molecule has 1 atom stereocenters. The number of nitrogens with two attached hydrogens (primary N) is 1. The van der Waals surface area contributed by atoms with Crippen LogP contribution in [0.15, 0.2) is 17.0 Å². The predicted molar refractivity (Wildman–Crippen MR) is 81.5 cm³/mol. The highest BCUT2D eigenvalue weighted by Crippen LogP contribution is 2.32. The first-order valence-electron chi connectivity index (χ1n) is 5.72. The van der Waals surface area contributed by atoms with Crippen molar-refractivity contribution in [2.45, 2.75) is 11.3 Å². The van der Waals surface area contributed by atoms with E-state index < -0.39 is 10.0 Å². The fourth-order valence-electron chi connectivity index (χ4n) is 1.88. The van der Waals surface area contributed by atoms with Gasteiger partial charge < -0.3 is 5.73 Å². The molecule has 1 aromatic rings. The highest BCUT2D eigenvalue weighted by Gasteiger charge is 2.24. The van der Waals surface area contributed by atoms with E-state index >= 15 is 0 Å². The Bertz CT molecular complexity index is 549. The van der Waals surface area contributed by atoms with E-state index in [9.17, 15) is 8.42 Å². The number of anilines is 1. The molecule has 1 unspecified atom stereocenters. The van der Waals surface area contributed by atoms with Crippen LogP contribution in [0.1, 0.15) is 6.42 Å². The molecule has 0 saturated carbocycles. The lowest BCUT2D eigenvalue weighted by Crippen LogP contribution is -2.29. The molecule has 1 fully saturated rings. The fourth-order valence-corrected chi connectivity index (χ4v) is 5.51. The van der Waals surface area contributed by atoms with Gasteiger partial charge in [0.2, 0.25) is 10.0 Å². The zero-order valence-electron chi connectivity index (χ0n) is 10.0. The monoisotopic (exact) mass is 340 g/mol. The van der Waals surface area contributed by atoms with Gasteiger partial charge in [0.05, 0.1) is 10.0 Å². The van der Waals surface area contributed by atoms with Gasteiger partial charge in [0, 0.05) is 12.2 Å². The Kier molecular flexibility index (Phi) is 4.89. The Labute approximate surface area is 127 Å². The third kappa shape index (κ3) is 3.70. The molecular weight excluding hydrogens is 327 g/mol. The Morgan fingerprint density at radius 1 is 1.37 bits per heavy atom. The summed E-state index contributed by atoms with van der Waals surface area (Å²) < 4.78 is 27.0. The van der Waals surface area contributed by atoms with Crippen LogP contribution >= 0.6 is 35.0 Å². The van der Waals surface area contributed by atoms with Crippen LogP contribution in [0.3, 0.4) is 0 Å². The maximum atomic E-state index is 12.2. The third-order valence-electron chi connectivity index (χ3n) is 2.88. The van der Waals surface area contributed by atoms with Crippen molar-refractivity contribution in [1.82, 2.24) is 4.72 Å². The minimum Gasteiger partial charge on any atom is -0.399 e. The summed E-state index contributed by atoms with van der Waals surface area (Å²) in [6, 6.07) is 2.76. The van der Waals surface area contributed by atoms with E-state index in [2.05, 4.69) is 4.72 Å². The second kappa shape index (κ2) is 6.10. The predicted octanol–water partition coefficient (Wildman–Crippen LogP) is 2.61. The van der Waals surface area contributed by atoms with Gasteiger partial charge >= 0.3 is 0 Å². The van der Waals surface area contributed by atoms with E-state index in [0.717, 1.165) is 17.9 Å². The number of sulfonamides is 1. The average molecular weight is 341 g/mol. The SMILES string of the molecule is Nc1cc(Cl)c(S(=O)(=O)NCC2CCSC2)c(Cl)c1. The molecule has 0 aliphatic carbocycles. The number of hydrogen-bond donors (Lipinski definition) is 2. The molecule has 4 nitrogen and oxygen atoms in total. The Hall–Kier alpha value is -0.140. The van der Waals surface area contributed by atoms with Crippen LogP contribution in [-0.2, 0) is 10.0 Å². The Morgan fingerprint density at radius 2 is 2.00 bits per heavy atom. The Morgan fingerprint density at radius 3 is 2.53 bits per heavy atom. The van der Waals surface area contributed by atoms with E-state index in [1.54, 1.807) is 0 Å². The molecule has 2 rings (SSSR count). The summed E-state index contributed by atoms with van der Waals surface area (Å²) in [6.07, 6.45) is 1.02. The van der Waals surface area contributed by atoms with Crippen molar-refractivity contribution in [2.75, 3.05) is 23.8 Å². The summed E-state index contributed by atoms with van der Waals surface area (Å²) in [5.41, 5.74) is 5.89. The van der Waals surface area contributed by atoms with Crippen LogP contribution in [0.4, 0.5) is 5.69 Å². The van der Waals surface area contributed by atoms with Crippen molar-refractivity contribution in [3.8, 4) is 0 Å². The minimum atomic E-state index is -3.70. The third-order valence-corrected chi connectivity index (χ3v) is 6.45. The summed E-state index contributed by atoms with van der Waals surface area (Å²) in [5.74, 6) is 2.42. The zero-order valence-corrected chi connectivity index (χ0v) is 13.2. The van der Waals surface area contributed by atoms with Gasteiger partial charge in [-0.2, -0.15) is 11.8 Å². The van der Waals surface area contributed by atoms with Gasteiger partial charge in [-0.25, -0.2) is 13.1 Å². The van der Waals surface area contributed by atoms with E-state index in [4.69, 9.17) is 28.9 Å². The van der Waals surface area contributed by atoms with Gasteiger partial charge in [-0.15, -0.1) is 0 Å². The number of thioether (sulfide) groups is 1. The molecule has 1 heterocycles. The largest absolute Gasteiger partial charge is 0.399 e. The zero-order chi connectivity index (χ0) is 14.0. The molecule has 106 valence electrons. The van der Waals surface area contributed by atoms with Gasteiger partial charge in [-0.1, -0.05) is 23.2 Å². The highest BCUT2D eigenvalue weighted by molar-refractivity contribution is 7.99. The number of nitrogen functional groups attached to an aromatic ring is 1. The van der Waals surface area contributed by atoms with Crippen molar-refractivity contribution in [2.24, 2.45) is 5.92 Å². The van der Waals surface area contributed by atoms with Gasteiger partial charge in [-0.05, 0) is 36.0 Å². The molecule has 1 saturated heterocycles. The summed E-state index contributed by atoms with van der Waals surface area (Å²) in [4.78, 5) is -0.101. The van der Waals surface area contributed by atoms with E-state index in [1.165, 1.54) is 12.1 Å². The highest BCUT2D eigenvalue weighted by atomic mass is 35.5. The molecular formula is C11H14Cl2N2O2S2. The van der Waals surface area contributed by atoms with Crippen LogP contribution < -0.4 is 10.5 Å². The van der Waals surface area contributed by atoms with Crippen LogP contribution in [0.2, 0.25) is 10.0 Å². The van der Waals surface area contributed by atoms with Gasteiger partial charge in [-0.3, -0.25) is 0 Å². The molecule has 0 bridgehead atoms. The quantitative estimate of drug-likeness (QED) is 0.826. The molecule has 0 spiro atoms. The molecule has 0 radical (unpaired) electrons. The molecule has 0 amide bonds. The second-order valence-corrected chi connectivity index (χ2v) is 8.06. The number of nitrogens with one attached hydrogen (secondary N) is 1. The average Bonchev–Trinajstić information content (AvgIpc) is 2.77. The lowest BCUT2D eigenvalue weighted by Gasteiger charge is -2.13. The maximum absolute atomic E-state index is 12.2. The van der Waals surface area contributed by atoms with Gasteiger partial charge in [0.15, 0.2) is 0 Å². The summed E-state index contributed by atoms with van der Waals surface area (Å²) in [6.45, 7) is 0.409. The van der Waals surface area contributed by atoms with Crippen LogP contribution in [-0.4, -0.2) is 26.5 Å². The first-order valence-corrected chi connectivity index (χ1v) is 9.11. The molecule has 3 N–H and O–H groups in total. The van der Waals surface area contributed by atoms with Gasteiger partial charge in [0.1, 0.15) is 4.90 Å². The molecule has 8 heteroatoms. The lowest BCUT2D eigenvalue weighted by atomic mass is 10.1. The van der Waals surface area contributed by atoms with Crippen LogP contribution in [0.25, 0.3) is 0 Å². The first-order chi connectivity index (χ1) is 8.90. The second-order valence-electron chi connectivity index (χ2n) is 4.40. The maximum Gasteiger partial charge on any atom is 0.243 e. The minimum absolute atomic E-state index is 0.0401. The topological polar surface area (TPSA) is 72.2 Å². The normalized spacial score (nSPS) is 19.8. The van der Waals surface area contributed by atoms with Crippen molar-refractivity contribution in [1.29, 1.82) is 0 Å². The van der Waals surface area contributed by atoms with Crippen LogP contribution in [0, 0.1) is 5.92 Å². The molecule has 1 aliphatic heterocycles. The molecule has 1 aromatic carbocycles. The number of benzene rings is 1. The first kappa shape index (κ1) is 15.3. The van der Waals surface area contributed by atoms with Crippen molar-refractivity contribution >= 4 is 50.7 Å². The Balaban J connectivity index is 2.19. The van der Waals surface area contributed by atoms with E-state index in [1.807, 2.05) is 11.8 Å². The number of rotatable bonds is 4. The molecule has 19 heavy (non-hydrogen) atoms. The summed E-state index contributed by atoms with van der Waals surface area (Å²) in [7, 11) is -3.70. The smallest absolute Gasteiger partial charge is 0.243 e. The van der Waals surface area contributed by atoms with E-state index in [-0.39, 0.29) is 14.9 Å². The van der Waals surface area contributed by atoms with Crippen molar-refractivity contribution in [3.63, 3.8) is 0 Å². The van der Waals surface area contributed by atoms with E-state index in [0.29, 0.717) is 18.2 Å². The number of hydrogen-bond acceptors (Lipinski definition) is 4. The summed E-state index contributed by atoms with van der Waals surface area (Å²) >= 11 is 13.7. The standard InChI is InChI=1S/C11H14Cl2N2O2S2/c12-9-3-8(14)4-10(13)11(9)19(16,17)15-5-7-1-2-18-6-7/h3-4,7,15H,1-2,5-6,14H2.